The quantitative estimate of drug-likeness (QED) is 0.219. The first-order valence-electron chi connectivity index (χ1n) is 15.0. The number of amides is 2. The summed E-state index contributed by atoms with van der Waals surface area (Å²) in [7, 11) is 1.32. The summed E-state index contributed by atoms with van der Waals surface area (Å²) in [4.78, 5) is 56.0. The standard InChI is InChI=1S/C34H32F3N7O4/c1-17(2)27-29(18(3)10-11-40-27)44-31-21(14-23(37)28(41-31)25-22(36)8-7-9-24(25)45)30(26(34(44)48)32(46)39-6)42-12-13-43(33(47)19(4)35)20(16-42)15-38-5/h7-11,14,17,20,45H,4,12-13,15-16H2,1-3,6H3,(H,39,46)/t20-/m0/s1. The summed E-state index contributed by atoms with van der Waals surface area (Å²) < 4.78 is 46.4. The van der Waals surface area contributed by atoms with Crippen LogP contribution in [0.2, 0.25) is 0 Å². The van der Waals surface area contributed by atoms with E-state index >= 15 is 8.78 Å². The molecule has 0 bridgehead atoms. The number of aromatic hydroxyl groups is 1. The van der Waals surface area contributed by atoms with Gasteiger partial charge in [-0.25, -0.2) is 24.7 Å². The fourth-order valence-electron chi connectivity index (χ4n) is 6.08. The number of benzene rings is 1. The number of rotatable bonds is 7. The van der Waals surface area contributed by atoms with Crippen molar-refractivity contribution in [1.82, 2.24) is 24.8 Å². The smallest absolute Gasteiger partial charge is 0.282 e. The van der Waals surface area contributed by atoms with Gasteiger partial charge in [0.25, 0.3) is 17.4 Å². The van der Waals surface area contributed by atoms with Crippen LogP contribution in [0.25, 0.3) is 32.8 Å². The molecule has 1 fully saturated rings. The van der Waals surface area contributed by atoms with Crippen LogP contribution < -0.4 is 15.8 Å². The fraction of sp³-hybridized carbons (Fsp3) is 0.294. The van der Waals surface area contributed by atoms with Gasteiger partial charge in [0.15, 0.2) is 17.3 Å². The van der Waals surface area contributed by atoms with E-state index in [0.717, 1.165) is 21.6 Å². The molecule has 1 aliphatic heterocycles. The molecule has 1 atom stereocenters. The Hall–Kier alpha value is -5.71. The van der Waals surface area contributed by atoms with Gasteiger partial charge in [0.2, 0.25) is 6.54 Å². The Balaban J connectivity index is 1.93. The topological polar surface area (TPSA) is 125 Å². The molecule has 0 unspecified atom stereocenters. The van der Waals surface area contributed by atoms with Crippen molar-refractivity contribution < 1.29 is 27.9 Å². The summed E-state index contributed by atoms with van der Waals surface area (Å²) in [6, 6.07) is 5.22. The van der Waals surface area contributed by atoms with E-state index < -0.39 is 57.9 Å². The number of hydrogen-bond donors (Lipinski definition) is 2. The van der Waals surface area contributed by atoms with Crippen LogP contribution >= 0.6 is 0 Å². The highest BCUT2D eigenvalue weighted by Gasteiger charge is 2.37. The van der Waals surface area contributed by atoms with Crippen LogP contribution in [0.4, 0.5) is 18.9 Å². The molecule has 14 heteroatoms. The number of fused-ring (bicyclic) bond motifs is 1. The Morgan fingerprint density at radius 3 is 2.54 bits per heavy atom. The van der Waals surface area contributed by atoms with E-state index in [9.17, 15) is 23.9 Å². The monoisotopic (exact) mass is 659 g/mol. The number of halogens is 3. The van der Waals surface area contributed by atoms with Gasteiger partial charge in [-0.1, -0.05) is 26.5 Å². The van der Waals surface area contributed by atoms with Crippen molar-refractivity contribution >= 4 is 28.5 Å². The molecule has 3 aromatic heterocycles. The Labute approximate surface area is 273 Å². The molecule has 48 heavy (non-hydrogen) atoms. The highest BCUT2D eigenvalue weighted by atomic mass is 19.1. The van der Waals surface area contributed by atoms with E-state index in [1.807, 2.05) is 13.8 Å². The number of anilines is 1. The molecule has 248 valence electrons. The minimum Gasteiger partial charge on any atom is -0.507 e. The Kier molecular flexibility index (Phi) is 9.24. The Bertz CT molecular complexity index is 2070. The first kappa shape index (κ1) is 33.6. The first-order chi connectivity index (χ1) is 22.8. The van der Waals surface area contributed by atoms with Crippen LogP contribution in [-0.2, 0) is 4.79 Å². The maximum absolute atomic E-state index is 16.2. The van der Waals surface area contributed by atoms with Crippen molar-refractivity contribution in [3.05, 3.63) is 99.2 Å². The summed E-state index contributed by atoms with van der Waals surface area (Å²) in [5.74, 6) is -5.86. The molecule has 2 N–H and O–H groups in total. The van der Waals surface area contributed by atoms with Gasteiger partial charge in [-0.15, -0.1) is 0 Å². The lowest BCUT2D eigenvalue weighted by Crippen LogP contribution is -2.57. The molecule has 0 aliphatic carbocycles. The summed E-state index contributed by atoms with van der Waals surface area (Å²) in [5, 5.41) is 13.0. The number of aromatic nitrogens is 3. The van der Waals surface area contributed by atoms with Crippen LogP contribution in [0, 0.1) is 25.1 Å². The van der Waals surface area contributed by atoms with E-state index in [1.54, 1.807) is 24.1 Å². The number of aryl methyl sites for hydroxylation is 1. The number of pyridine rings is 3. The maximum Gasteiger partial charge on any atom is 0.282 e. The van der Waals surface area contributed by atoms with Crippen LogP contribution in [-0.4, -0.2) is 75.6 Å². The van der Waals surface area contributed by atoms with E-state index in [4.69, 9.17) is 6.57 Å². The number of phenols is 1. The number of phenolic OH excluding ortho intramolecular Hbond substituents is 1. The van der Waals surface area contributed by atoms with E-state index in [2.05, 4.69) is 26.7 Å². The third kappa shape index (κ3) is 5.72. The number of hydrogen-bond acceptors (Lipinski definition) is 7. The molecule has 5 rings (SSSR count). The number of nitrogens with zero attached hydrogens (tertiary/aromatic N) is 6. The molecule has 4 heterocycles. The largest absolute Gasteiger partial charge is 0.507 e. The van der Waals surface area contributed by atoms with Gasteiger partial charge >= 0.3 is 0 Å². The maximum atomic E-state index is 16.2. The summed E-state index contributed by atoms with van der Waals surface area (Å²) in [6.45, 7) is 15.4. The van der Waals surface area contributed by atoms with Crippen molar-refractivity contribution in [1.29, 1.82) is 0 Å². The van der Waals surface area contributed by atoms with Crippen molar-refractivity contribution in [2.24, 2.45) is 0 Å². The van der Waals surface area contributed by atoms with Crippen LogP contribution in [0.5, 0.6) is 5.75 Å². The third-order valence-electron chi connectivity index (χ3n) is 8.28. The summed E-state index contributed by atoms with van der Waals surface area (Å²) in [5.41, 5.74) is -1.25. The molecule has 11 nitrogen and oxygen atoms in total. The zero-order chi connectivity index (χ0) is 35.0. The molecule has 0 spiro atoms. The van der Waals surface area contributed by atoms with Crippen LogP contribution in [0.1, 0.15) is 41.4 Å². The second kappa shape index (κ2) is 13.2. The normalized spacial score (nSPS) is 14.7. The molecule has 1 aromatic carbocycles. The number of piperazine rings is 1. The summed E-state index contributed by atoms with van der Waals surface area (Å²) in [6.07, 6.45) is 1.57. The van der Waals surface area contributed by atoms with Crippen molar-refractivity contribution in [3.63, 3.8) is 0 Å². The molecule has 4 aromatic rings. The molecular formula is C34H32F3N7O4. The molecule has 0 saturated carbocycles. The average molecular weight is 660 g/mol. The van der Waals surface area contributed by atoms with E-state index in [0.29, 0.717) is 11.3 Å². The van der Waals surface area contributed by atoms with Crippen molar-refractivity contribution in [2.45, 2.75) is 32.7 Å². The van der Waals surface area contributed by atoms with Crippen molar-refractivity contribution in [3.8, 4) is 22.7 Å². The number of nitrogens with one attached hydrogen (secondary N) is 1. The van der Waals surface area contributed by atoms with Gasteiger partial charge in [0.05, 0.1) is 22.6 Å². The lowest BCUT2D eigenvalue weighted by molar-refractivity contribution is -0.131. The molecule has 1 saturated heterocycles. The lowest BCUT2D eigenvalue weighted by atomic mass is 10.0. The number of carbonyl (C=O) groups excluding carboxylic acids is 2. The minimum atomic E-state index is -1.21. The van der Waals surface area contributed by atoms with Crippen LogP contribution in [0.3, 0.4) is 0 Å². The summed E-state index contributed by atoms with van der Waals surface area (Å²) >= 11 is 0. The van der Waals surface area contributed by atoms with Gasteiger partial charge in [0.1, 0.15) is 28.9 Å². The minimum absolute atomic E-state index is 0.0283. The van der Waals surface area contributed by atoms with E-state index in [-0.39, 0.29) is 60.1 Å². The first-order valence-corrected chi connectivity index (χ1v) is 15.0. The highest BCUT2D eigenvalue weighted by molar-refractivity contribution is 6.07. The Morgan fingerprint density at radius 2 is 1.92 bits per heavy atom. The van der Waals surface area contributed by atoms with Gasteiger partial charge in [-0.05, 0) is 42.7 Å². The predicted octanol–water partition coefficient (Wildman–Crippen LogP) is 4.64. The van der Waals surface area contributed by atoms with Gasteiger partial charge < -0.3 is 25.1 Å². The molecule has 0 radical (unpaired) electrons. The second-order valence-corrected chi connectivity index (χ2v) is 11.6. The van der Waals surface area contributed by atoms with Gasteiger partial charge in [0, 0.05) is 38.3 Å². The predicted molar refractivity (Wildman–Crippen MR) is 174 cm³/mol. The average Bonchev–Trinajstić information content (AvgIpc) is 3.04. The lowest BCUT2D eigenvalue weighted by Gasteiger charge is -2.41. The van der Waals surface area contributed by atoms with Crippen molar-refractivity contribution in [2.75, 3.05) is 38.1 Å². The van der Waals surface area contributed by atoms with Gasteiger partial charge in [-0.2, -0.15) is 0 Å². The fourth-order valence-corrected chi connectivity index (χ4v) is 6.08. The number of carbonyl (C=O) groups is 2. The van der Waals surface area contributed by atoms with Gasteiger partial charge in [-0.3, -0.25) is 23.9 Å². The molecular weight excluding hydrogens is 627 g/mol. The molecule has 1 aliphatic rings. The highest BCUT2D eigenvalue weighted by Crippen LogP contribution is 2.38. The zero-order valence-electron chi connectivity index (χ0n) is 26.6. The van der Waals surface area contributed by atoms with E-state index in [1.165, 1.54) is 19.2 Å². The SMILES string of the molecule is [C-]#[N+]C[C@H]1CN(c2c(C(=O)NC)c(=O)n(-c3c(C)ccnc3C(C)C)c3nc(-c4c(O)cccc4F)c(F)cc23)CCN1C(=O)C(=C)F. The Morgan fingerprint density at radius 1 is 1.19 bits per heavy atom. The third-order valence-corrected chi connectivity index (χ3v) is 8.28. The van der Waals surface area contributed by atoms with Crippen LogP contribution in [0.15, 0.2) is 53.7 Å². The molecule has 2 amide bonds. The zero-order valence-corrected chi connectivity index (χ0v) is 26.6. The second-order valence-electron chi connectivity index (χ2n) is 11.6.